The van der Waals surface area contributed by atoms with E-state index in [0.29, 0.717) is 18.6 Å². The Balaban J connectivity index is 2.19. The number of aliphatic hydroxyl groups excluding tert-OH is 1. The summed E-state index contributed by atoms with van der Waals surface area (Å²) >= 11 is 0. The zero-order valence-corrected chi connectivity index (χ0v) is 9.33. The number of benzene rings is 1. The first kappa shape index (κ1) is 11.7. The third-order valence-electron chi connectivity index (χ3n) is 2.73. The molecule has 6 heteroatoms. The van der Waals surface area contributed by atoms with Gasteiger partial charge in [-0.3, -0.25) is 10.1 Å². The quantitative estimate of drug-likeness (QED) is 0.636. The van der Waals surface area contributed by atoms with Crippen LogP contribution in [0.25, 0.3) is 0 Å². The molecule has 2 rings (SSSR count). The van der Waals surface area contributed by atoms with Gasteiger partial charge < -0.3 is 14.6 Å². The topological polar surface area (TPSA) is 81.8 Å². The fraction of sp³-hybridized carbons (Fsp3) is 0.455. The van der Waals surface area contributed by atoms with Crippen molar-refractivity contribution in [2.45, 2.75) is 25.0 Å². The molecule has 1 saturated carbocycles. The van der Waals surface area contributed by atoms with Crippen molar-refractivity contribution in [3.63, 3.8) is 0 Å². The van der Waals surface area contributed by atoms with Crippen LogP contribution in [0.4, 0.5) is 5.69 Å². The molecule has 6 nitrogen and oxygen atoms in total. The van der Waals surface area contributed by atoms with Gasteiger partial charge in [-0.2, -0.15) is 0 Å². The van der Waals surface area contributed by atoms with Crippen LogP contribution in [0.5, 0.6) is 11.5 Å². The predicted molar refractivity (Wildman–Crippen MR) is 59.3 cm³/mol. The summed E-state index contributed by atoms with van der Waals surface area (Å²) in [6.07, 6.45) is 0.503. The molecular formula is C11H13NO5. The minimum absolute atomic E-state index is 0.0906. The van der Waals surface area contributed by atoms with Crippen LogP contribution in [0, 0.1) is 10.1 Å². The number of aliphatic hydroxyl groups is 1. The molecular weight excluding hydrogens is 226 g/mol. The normalized spacial score (nSPS) is 22.7. The van der Waals surface area contributed by atoms with Crippen molar-refractivity contribution in [2.24, 2.45) is 0 Å². The van der Waals surface area contributed by atoms with Crippen molar-refractivity contribution in [1.29, 1.82) is 0 Å². The third kappa shape index (κ3) is 2.47. The molecule has 0 radical (unpaired) electrons. The summed E-state index contributed by atoms with van der Waals surface area (Å²) < 4.78 is 10.5. The van der Waals surface area contributed by atoms with E-state index in [1.165, 1.54) is 25.3 Å². The van der Waals surface area contributed by atoms with Crippen molar-refractivity contribution >= 4 is 5.69 Å². The number of rotatable bonds is 4. The van der Waals surface area contributed by atoms with Crippen LogP contribution in [-0.4, -0.2) is 29.3 Å². The monoisotopic (exact) mass is 239 g/mol. The van der Waals surface area contributed by atoms with Crippen molar-refractivity contribution in [1.82, 2.24) is 0 Å². The first-order valence-corrected chi connectivity index (χ1v) is 5.27. The smallest absolute Gasteiger partial charge is 0.311 e. The predicted octanol–water partition coefficient (Wildman–Crippen LogP) is 1.51. The van der Waals surface area contributed by atoms with Gasteiger partial charge in [0.2, 0.25) is 5.75 Å². The van der Waals surface area contributed by atoms with Gasteiger partial charge in [0.05, 0.1) is 18.1 Å². The second-order valence-corrected chi connectivity index (χ2v) is 3.96. The van der Waals surface area contributed by atoms with Gasteiger partial charge in [0.25, 0.3) is 0 Å². The lowest BCUT2D eigenvalue weighted by Gasteiger charge is -2.31. The Morgan fingerprint density at radius 1 is 1.47 bits per heavy atom. The van der Waals surface area contributed by atoms with E-state index in [1.54, 1.807) is 0 Å². The Morgan fingerprint density at radius 3 is 2.71 bits per heavy atom. The molecule has 0 bridgehead atoms. The number of hydrogen-bond donors (Lipinski definition) is 1. The van der Waals surface area contributed by atoms with E-state index in [2.05, 4.69) is 0 Å². The van der Waals surface area contributed by atoms with E-state index in [1.807, 2.05) is 0 Å². The van der Waals surface area contributed by atoms with Crippen molar-refractivity contribution in [3.8, 4) is 11.5 Å². The largest absolute Gasteiger partial charge is 0.497 e. The van der Waals surface area contributed by atoms with Gasteiger partial charge in [0.15, 0.2) is 0 Å². The molecule has 1 aliphatic rings. The average molecular weight is 239 g/mol. The molecule has 0 spiro atoms. The number of nitrogens with zero attached hydrogens (tertiary/aromatic N) is 1. The number of nitro benzene ring substituents is 1. The molecule has 0 saturated heterocycles. The summed E-state index contributed by atoms with van der Waals surface area (Å²) in [4.78, 5) is 10.3. The fourth-order valence-electron chi connectivity index (χ4n) is 1.68. The average Bonchev–Trinajstić information content (AvgIpc) is 2.26. The van der Waals surface area contributed by atoms with Crippen molar-refractivity contribution < 1.29 is 19.5 Å². The molecule has 0 aromatic heterocycles. The molecule has 1 N–H and O–H groups in total. The maximum Gasteiger partial charge on any atom is 0.311 e. The third-order valence-corrected chi connectivity index (χ3v) is 2.73. The lowest BCUT2D eigenvalue weighted by Crippen LogP contribution is -2.37. The van der Waals surface area contributed by atoms with Gasteiger partial charge in [-0.05, 0) is 6.07 Å². The molecule has 1 fully saturated rings. The summed E-state index contributed by atoms with van der Waals surface area (Å²) in [6, 6.07) is 4.35. The lowest BCUT2D eigenvalue weighted by atomic mass is 9.92. The zero-order valence-electron chi connectivity index (χ0n) is 9.33. The van der Waals surface area contributed by atoms with E-state index in [0.717, 1.165) is 0 Å². The number of hydrogen-bond acceptors (Lipinski definition) is 5. The molecule has 17 heavy (non-hydrogen) atoms. The molecule has 1 aromatic rings. The summed E-state index contributed by atoms with van der Waals surface area (Å²) in [5.74, 6) is 0.691. The number of ether oxygens (including phenoxy) is 2. The maximum absolute atomic E-state index is 10.8. The second-order valence-electron chi connectivity index (χ2n) is 3.96. The van der Waals surface area contributed by atoms with Gasteiger partial charge in [-0.1, -0.05) is 0 Å². The van der Waals surface area contributed by atoms with Crippen LogP contribution in [0.3, 0.4) is 0 Å². The summed E-state index contributed by atoms with van der Waals surface area (Å²) in [6.45, 7) is 0. The molecule has 1 aromatic carbocycles. The Labute approximate surface area is 97.9 Å². The molecule has 0 atom stereocenters. The van der Waals surface area contributed by atoms with Gasteiger partial charge in [0.1, 0.15) is 11.9 Å². The second kappa shape index (κ2) is 4.58. The molecule has 0 amide bonds. The van der Waals surface area contributed by atoms with Crippen molar-refractivity contribution in [2.75, 3.05) is 7.11 Å². The van der Waals surface area contributed by atoms with Crippen LogP contribution in [0.2, 0.25) is 0 Å². The molecule has 1 aliphatic carbocycles. The highest BCUT2D eigenvalue weighted by Crippen LogP contribution is 2.34. The van der Waals surface area contributed by atoms with Gasteiger partial charge in [0, 0.05) is 25.0 Å². The van der Waals surface area contributed by atoms with Crippen LogP contribution in [0.1, 0.15) is 12.8 Å². The van der Waals surface area contributed by atoms with E-state index >= 15 is 0 Å². The van der Waals surface area contributed by atoms with Gasteiger partial charge in [-0.15, -0.1) is 0 Å². The number of methoxy groups -OCH3 is 1. The molecule has 0 heterocycles. The summed E-state index contributed by atoms with van der Waals surface area (Å²) in [5, 5.41) is 19.9. The first-order chi connectivity index (χ1) is 8.10. The van der Waals surface area contributed by atoms with Crippen molar-refractivity contribution in [3.05, 3.63) is 28.3 Å². The lowest BCUT2D eigenvalue weighted by molar-refractivity contribution is -0.386. The SMILES string of the molecule is COc1ccc([N+](=O)[O-])c(OC2CC(O)C2)c1. The number of nitro groups is 1. The van der Waals surface area contributed by atoms with E-state index in [4.69, 9.17) is 14.6 Å². The van der Waals surface area contributed by atoms with Gasteiger partial charge >= 0.3 is 5.69 Å². The van der Waals surface area contributed by atoms with E-state index in [-0.39, 0.29) is 23.6 Å². The molecule has 0 aliphatic heterocycles. The highest BCUT2D eigenvalue weighted by atomic mass is 16.6. The van der Waals surface area contributed by atoms with Gasteiger partial charge in [-0.25, -0.2) is 0 Å². The van der Waals surface area contributed by atoms with Crippen LogP contribution >= 0.6 is 0 Å². The minimum atomic E-state index is -0.496. The van der Waals surface area contributed by atoms with Crippen LogP contribution in [-0.2, 0) is 0 Å². The van der Waals surface area contributed by atoms with E-state index < -0.39 is 4.92 Å². The molecule has 92 valence electrons. The summed E-state index contributed by atoms with van der Waals surface area (Å²) in [5.41, 5.74) is -0.0906. The Hall–Kier alpha value is -1.82. The molecule has 0 unspecified atom stereocenters. The minimum Gasteiger partial charge on any atom is -0.497 e. The van der Waals surface area contributed by atoms with Crippen LogP contribution < -0.4 is 9.47 Å². The first-order valence-electron chi connectivity index (χ1n) is 5.27. The fourth-order valence-corrected chi connectivity index (χ4v) is 1.68. The highest BCUT2D eigenvalue weighted by molar-refractivity contribution is 5.50. The Bertz CT molecular complexity index is 428. The Kier molecular flexibility index (Phi) is 3.14. The standard InChI is InChI=1S/C11H13NO5/c1-16-8-2-3-10(12(14)15)11(6-8)17-9-4-7(13)5-9/h2-3,6-7,9,13H,4-5H2,1H3. The zero-order chi connectivity index (χ0) is 12.4. The summed E-state index contributed by atoms with van der Waals surface area (Å²) in [7, 11) is 1.48. The maximum atomic E-state index is 10.8. The van der Waals surface area contributed by atoms with Crippen LogP contribution in [0.15, 0.2) is 18.2 Å². The highest BCUT2D eigenvalue weighted by Gasteiger charge is 2.31. The Morgan fingerprint density at radius 2 is 2.18 bits per heavy atom. The van der Waals surface area contributed by atoms with E-state index in [9.17, 15) is 10.1 Å².